The van der Waals surface area contributed by atoms with Crippen LogP contribution in [0.1, 0.15) is 69.2 Å². The van der Waals surface area contributed by atoms with Gasteiger partial charge in [0.25, 0.3) is 0 Å². The first kappa shape index (κ1) is 90.8. The fourth-order valence-corrected chi connectivity index (χ4v) is 14.3. The number of hydrogen-bond donors (Lipinski definition) is 8. The molecule has 10 N–H and O–H groups in total. The Labute approximate surface area is 684 Å². The highest BCUT2D eigenvalue weighted by atomic mass is 16.7. The number of hydrazone groups is 1. The summed E-state index contributed by atoms with van der Waals surface area (Å²) in [6.45, 7) is 10.0. The highest BCUT2D eigenvalue weighted by Crippen LogP contribution is 2.54. The lowest BCUT2D eigenvalue weighted by Gasteiger charge is -2.38. The number of fused-ring (bicyclic) bond motifs is 8. The Balaban J connectivity index is 0.000000263. The van der Waals surface area contributed by atoms with Crippen LogP contribution in [0.4, 0.5) is 5.69 Å². The van der Waals surface area contributed by atoms with E-state index in [0.717, 1.165) is 50.5 Å². The second kappa shape index (κ2) is 49.1. The molecule has 648 valence electrons. The number of hydrazine groups is 2. The lowest BCUT2D eigenvalue weighted by Crippen LogP contribution is -2.46. The fraction of sp³-hybridized carbons (Fsp3) is 0.556. The van der Waals surface area contributed by atoms with Gasteiger partial charge in [0.15, 0.2) is 46.0 Å². The van der Waals surface area contributed by atoms with Gasteiger partial charge in [0.1, 0.15) is 12.4 Å². The van der Waals surface area contributed by atoms with E-state index in [2.05, 4.69) is 15.8 Å². The first-order valence-corrected chi connectivity index (χ1v) is 39.2. The molecule has 0 saturated heterocycles. The number of amides is 4. The number of nitrogens with two attached hydrogens (primary N) is 2. The van der Waals surface area contributed by atoms with E-state index < -0.39 is 23.7 Å². The number of carbonyl (C=O) groups excluding carboxylic acids is 4. The van der Waals surface area contributed by atoms with Crippen molar-refractivity contribution in [1.82, 2.24) is 21.5 Å². The van der Waals surface area contributed by atoms with Gasteiger partial charge in [0.2, 0.25) is 37.2 Å². The number of oxime groups is 1. The Morgan fingerprint density at radius 2 is 0.805 bits per heavy atom. The second-order valence-electron chi connectivity index (χ2n) is 27.1. The molecule has 6 atom stereocenters. The average Bonchev–Trinajstić information content (AvgIpc) is 1.47. The molecule has 5 aromatic carbocycles. The van der Waals surface area contributed by atoms with Gasteiger partial charge in [-0.1, -0.05) is 5.16 Å². The van der Waals surface area contributed by atoms with E-state index in [1.54, 1.807) is 14.2 Å². The summed E-state index contributed by atoms with van der Waals surface area (Å²) in [5, 5.41) is 38.3. The lowest BCUT2D eigenvalue weighted by atomic mass is 9.65. The number of aliphatic hydroxyl groups is 2. The van der Waals surface area contributed by atoms with Crippen molar-refractivity contribution in [3.63, 3.8) is 0 Å². The summed E-state index contributed by atoms with van der Waals surface area (Å²) in [6, 6.07) is 22.7. The molecule has 0 fully saturated rings. The Kier molecular flexibility index (Phi) is 37.8. The molecule has 6 aliphatic rings. The SMILES string of the molecule is COc1cc([C@@H]2c3cc4c(cc3C3=NOCC3[C@@H]2C(=O)NCCOCCOCCOCCOCCC(=O)NN)OCO4)cc(CO)c1OC.COc1ccc(N2C[C@@H]3C(=N2)c2cc4c(cc2[C@@H](c2cc(CO)c(OC)c(OC)c2)[C@H]3C(=O)NCCOCCOCCOCCOCCOCCOCCOCCOCCC(=O)NN)OCO4)cc1. The highest BCUT2D eigenvalue weighted by molar-refractivity contribution is 6.11. The van der Waals surface area contributed by atoms with Gasteiger partial charge in [-0.2, -0.15) is 5.10 Å². The third-order valence-corrected chi connectivity index (χ3v) is 19.9. The van der Waals surface area contributed by atoms with Crippen molar-refractivity contribution in [2.75, 3.05) is 239 Å². The van der Waals surface area contributed by atoms with Crippen molar-refractivity contribution in [2.24, 2.45) is 45.6 Å². The average molecular weight is 1660 g/mol. The first-order valence-electron chi connectivity index (χ1n) is 39.2. The molecule has 4 aliphatic heterocycles. The van der Waals surface area contributed by atoms with E-state index in [1.807, 2.05) is 88.7 Å². The largest absolute Gasteiger partial charge is 0.497 e. The van der Waals surface area contributed by atoms with E-state index >= 15 is 0 Å². The minimum absolute atomic E-state index is 0.0803. The minimum Gasteiger partial charge on any atom is -0.497 e. The van der Waals surface area contributed by atoms with Crippen molar-refractivity contribution in [3.8, 4) is 51.7 Å². The number of benzene rings is 5. The lowest BCUT2D eigenvalue weighted by molar-refractivity contribution is -0.127. The maximum absolute atomic E-state index is 14.7. The summed E-state index contributed by atoms with van der Waals surface area (Å²) >= 11 is 0. The van der Waals surface area contributed by atoms with Gasteiger partial charge in [-0.15, -0.1) is 0 Å². The molecule has 4 heterocycles. The van der Waals surface area contributed by atoms with E-state index in [0.29, 0.717) is 208 Å². The summed E-state index contributed by atoms with van der Waals surface area (Å²) in [6.07, 6.45) is 0.410. The summed E-state index contributed by atoms with van der Waals surface area (Å²) in [4.78, 5) is 56.3. The van der Waals surface area contributed by atoms with Crippen molar-refractivity contribution in [3.05, 3.63) is 117 Å². The van der Waals surface area contributed by atoms with E-state index in [9.17, 15) is 29.4 Å². The summed E-state index contributed by atoms with van der Waals surface area (Å²) in [7, 11) is 7.74. The maximum Gasteiger partial charge on any atom is 0.236 e. The van der Waals surface area contributed by atoms with Crippen molar-refractivity contribution in [1.29, 1.82) is 0 Å². The topological polar surface area (TPSA) is 440 Å². The van der Waals surface area contributed by atoms with Gasteiger partial charge < -0.3 is 125 Å². The molecule has 0 spiro atoms. The molecule has 37 nitrogen and oxygen atoms in total. The number of carbonyl (C=O) groups is 4. The van der Waals surface area contributed by atoms with E-state index in [1.165, 1.54) is 21.3 Å². The predicted octanol–water partition coefficient (Wildman–Crippen LogP) is 2.76. The van der Waals surface area contributed by atoms with E-state index in [-0.39, 0.29) is 115 Å². The number of nitrogens with zero attached hydrogens (tertiary/aromatic N) is 3. The maximum atomic E-state index is 14.7. The molecule has 2 aliphatic carbocycles. The Morgan fingerprint density at radius 1 is 0.441 bits per heavy atom. The third-order valence-electron chi connectivity index (χ3n) is 19.9. The van der Waals surface area contributed by atoms with Crippen LogP contribution in [-0.2, 0) is 94.1 Å². The molecular formula is C81H111N9O28. The number of ether oxygens (including phenoxy) is 21. The third kappa shape index (κ3) is 25.3. The van der Waals surface area contributed by atoms with Crippen molar-refractivity contribution < 1.29 is 134 Å². The van der Waals surface area contributed by atoms with Gasteiger partial charge in [0, 0.05) is 53.1 Å². The number of aliphatic hydroxyl groups excluding tert-OH is 2. The Bertz CT molecular complexity index is 4000. The van der Waals surface area contributed by atoms with Crippen molar-refractivity contribution >= 4 is 40.7 Å². The van der Waals surface area contributed by atoms with Gasteiger partial charge in [-0.05, 0) is 95.1 Å². The van der Waals surface area contributed by atoms with Crippen LogP contribution in [0.3, 0.4) is 0 Å². The number of nitrogens with one attached hydrogen (secondary N) is 4. The molecule has 4 amide bonds. The monoisotopic (exact) mass is 1660 g/mol. The first-order chi connectivity index (χ1) is 57.9. The van der Waals surface area contributed by atoms with Gasteiger partial charge >= 0.3 is 0 Å². The van der Waals surface area contributed by atoms with Crippen LogP contribution in [0.25, 0.3) is 0 Å². The molecule has 11 rings (SSSR count). The number of hydrogen-bond acceptors (Lipinski definition) is 33. The van der Waals surface area contributed by atoms with Gasteiger partial charge in [0.05, 0.1) is 262 Å². The van der Waals surface area contributed by atoms with Crippen LogP contribution < -0.4 is 80.8 Å². The summed E-state index contributed by atoms with van der Waals surface area (Å²) in [5.41, 5.74) is 12.3. The number of anilines is 1. The zero-order valence-corrected chi connectivity index (χ0v) is 67.4. The Morgan fingerprint density at radius 3 is 1.17 bits per heavy atom. The molecular weight excluding hydrogens is 1550 g/mol. The molecule has 37 heteroatoms. The van der Waals surface area contributed by atoms with Crippen LogP contribution in [0, 0.1) is 23.7 Å². The van der Waals surface area contributed by atoms with Gasteiger partial charge in [-0.3, -0.25) is 35.0 Å². The molecule has 118 heavy (non-hydrogen) atoms. The summed E-state index contributed by atoms with van der Waals surface area (Å²) in [5.74, 6) is 11.0. The van der Waals surface area contributed by atoms with E-state index in [4.69, 9.17) is 121 Å². The fourth-order valence-electron chi connectivity index (χ4n) is 14.3. The number of rotatable bonds is 54. The molecule has 5 aromatic rings. The van der Waals surface area contributed by atoms with Crippen LogP contribution in [-0.4, -0.2) is 279 Å². The smallest absolute Gasteiger partial charge is 0.236 e. The van der Waals surface area contributed by atoms with Crippen molar-refractivity contribution in [2.45, 2.75) is 37.9 Å². The molecule has 0 aromatic heterocycles. The summed E-state index contributed by atoms with van der Waals surface area (Å²) < 4.78 is 117. The molecule has 1 unspecified atom stereocenters. The zero-order valence-electron chi connectivity index (χ0n) is 67.4. The predicted molar refractivity (Wildman–Crippen MR) is 423 cm³/mol. The van der Waals surface area contributed by atoms with Crippen LogP contribution in [0.15, 0.2) is 83.1 Å². The highest BCUT2D eigenvalue weighted by Gasteiger charge is 2.51. The Hall–Kier alpha value is -9.52. The van der Waals surface area contributed by atoms with Crippen LogP contribution >= 0.6 is 0 Å². The minimum atomic E-state index is -0.640. The van der Waals surface area contributed by atoms with Gasteiger partial charge in [-0.25, -0.2) is 11.7 Å². The standard InChI is InChI=1S/C48H67N5O16.C33H44N4O12/c1-57-36-6-4-35(5-7-36)53-30-39-45(44(33-26-34(31-54)47(59-3)42(27-33)58-2)37-28-40-41(69-32-68-40)29-38(37)46(39)52-53)48(56)50-9-11-61-13-15-63-17-19-65-21-23-67-25-24-66-22-20-64-18-16-62-14-12-60-10-8-43(55)51-49;1-41-27-14-20(13-21(17-38)32(27)42-2)29-22-15-25-26(48-19-47-25)16-23(22)31-24(18-49-37-31)30(29)33(40)35-4-6-44-8-10-46-12-11-45-9-7-43-5-3-28(39)36-34/h4-7,26-29,39,44-45,54H,8-25,30-32,49H2,1-3H3,(H,50,56)(H,51,55);13-16,24,29-30,38H,3-12,17-19,34H2,1-2H3,(H,35,40)(H,36,39)/t39-,44+,45-;24?,29-,30+/m01/s1. The van der Waals surface area contributed by atoms with Crippen LogP contribution in [0.2, 0.25) is 0 Å². The normalized spacial score (nSPS) is 17.5. The zero-order chi connectivity index (χ0) is 83.2. The second-order valence-corrected chi connectivity index (χ2v) is 27.1. The molecule has 0 bridgehead atoms. The molecule has 0 saturated carbocycles. The quantitative estimate of drug-likeness (QED) is 0.0120. The molecule has 0 radical (unpaired) electrons. The van der Waals surface area contributed by atoms with Crippen LogP contribution in [0.5, 0.6) is 51.7 Å². The number of methoxy groups -OCH3 is 5.